The molecule has 0 aliphatic carbocycles. The molecule has 0 bridgehead atoms. The fourth-order valence-electron chi connectivity index (χ4n) is 3.28. The van der Waals surface area contributed by atoms with Gasteiger partial charge in [0, 0.05) is 44.7 Å². The molecule has 7 nitrogen and oxygen atoms in total. The van der Waals surface area contributed by atoms with Crippen LogP contribution in [0.3, 0.4) is 0 Å². The van der Waals surface area contributed by atoms with Gasteiger partial charge in [-0.25, -0.2) is 8.42 Å². The fraction of sp³-hybridized carbons (Fsp3) is 0.333. The summed E-state index contributed by atoms with van der Waals surface area (Å²) in [7, 11) is -3.54. The lowest BCUT2D eigenvalue weighted by Gasteiger charge is -2.34. The Hall–Kier alpha value is -2.71. The molecular formula is C21H25N3O4S. The number of rotatable bonds is 6. The van der Waals surface area contributed by atoms with Gasteiger partial charge in [-0.15, -0.1) is 0 Å². The van der Waals surface area contributed by atoms with Gasteiger partial charge >= 0.3 is 0 Å². The van der Waals surface area contributed by atoms with E-state index in [1.807, 2.05) is 19.1 Å². The molecule has 0 spiro atoms. The van der Waals surface area contributed by atoms with Crippen LogP contribution in [0.15, 0.2) is 59.5 Å². The first-order valence-electron chi connectivity index (χ1n) is 9.56. The monoisotopic (exact) mass is 415 g/mol. The summed E-state index contributed by atoms with van der Waals surface area (Å²) in [6.07, 6.45) is 0.184. The number of sulfonamides is 1. The third kappa shape index (κ3) is 5.02. The zero-order valence-corrected chi connectivity index (χ0v) is 17.2. The molecule has 0 aromatic heterocycles. The Balaban J connectivity index is 1.47. The third-order valence-electron chi connectivity index (χ3n) is 4.99. The molecule has 2 aromatic carbocycles. The average molecular weight is 416 g/mol. The number of nitrogens with one attached hydrogen (secondary N) is 1. The van der Waals surface area contributed by atoms with Crippen molar-refractivity contribution in [1.29, 1.82) is 0 Å². The summed E-state index contributed by atoms with van der Waals surface area (Å²) in [4.78, 5) is 26.5. The zero-order chi connectivity index (χ0) is 20.9. The van der Waals surface area contributed by atoms with Gasteiger partial charge in [-0.1, -0.05) is 36.4 Å². The minimum atomic E-state index is -3.54. The van der Waals surface area contributed by atoms with Gasteiger partial charge in [0.15, 0.2) is 0 Å². The van der Waals surface area contributed by atoms with Crippen LogP contribution < -0.4 is 5.32 Å². The molecule has 0 radical (unpaired) electrons. The van der Waals surface area contributed by atoms with E-state index in [0.29, 0.717) is 18.7 Å². The number of hydrogen-bond donors (Lipinski definition) is 1. The van der Waals surface area contributed by atoms with Crippen LogP contribution in [0.5, 0.6) is 0 Å². The van der Waals surface area contributed by atoms with Crippen molar-refractivity contribution in [2.24, 2.45) is 0 Å². The highest BCUT2D eigenvalue weighted by Gasteiger charge is 2.29. The van der Waals surface area contributed by atoms with E-state index in [0.717, 1.165) is 5.56 Å². The van der Waals surface area contributed by atoms with Crippen LogP contribution in [-0.2, 0) is 14.8 Å². The highest BCUT2D eigenvalue weighted by molar-refractivity contribution is 7.89. The molecule has 0 atom stereocenters. The Morgan fingerprint density at radius 3 is 2.21 bits per heavy atom. The van der Waals surface area contributed by atoms with Gasteiger partial charge in [-0.05, 0) is 30.7 Å². The summed E-state index contributed by atoms with van der Waals surface area (Å²) in [5.74, 6) is -0.290. The van der Waals surface area contributed by atoms with Gasteiger partial charge in [0.2, 0.25) is 15.9 Å². The molecule has 1 fully saturated rings. The van der Waals surface area contributed by atoms with Gasteiger partial charge < -0.3 is 10.2 Å². The van der Waals surface area contributed by atoms with Crippen LogP contribution in [0.1, 0.15) is 22.3 Å². The number of benzene rings is 2. The lowest BCUT2D eigenvalue weighted by Crippen LogP contribution is -2.50. The van der Waals surface area contributed by atoms with Crippen LogP contribution in [0, 0.1) is 6.92 Å². The smallest absolute Gasteiger partial charge is 0.251 e. The van der Waals surface area contributed by atoms with Crippen LogP contribution >= 0.6 is 0 Å². The number of hydrogen-bond acceptors (Lipinski definition) is 4. The Morgan fingerprint density at radius 2 is 1.55 bits per heavy atom. The number of carbonyl (C=O) groups is 2. The zero-order valence-electron chi connectivity index (χ0n) is 16.4. The van der Waals surface area contributed by atoms with Gasteiger partial charge in [-0.3, -0.25) is 9.59 Å². The van der Waals surface area contributed by atoms with Crippen molar-refractivity contribution in [2.45, 2.75) is 18.2 Å². The van der Waals surface area contributed by atoms with E-state index in [1.165, 1.54) is 4.31 Å². The molecule has 3 rings (SSSR count). The molecular weight excluding hydrogens is 390 g/mol. The number of piperazine rings is 1. The molecule has 8 heteroatoms. The summed E-state index contributed by atoms with van der Waals surface area (Å²) in [6.45, 7) is 3.32. The van der Waals surface area contributed by atoms with Crippen LogP contribution in [-0.4, -0.2) is 62.2 Å². The maximum atomic E-state index is 12.6. The summed E-state index contributed by atoms with van der Waals surface area (Å²) in [5.41, 5.74) is 1.48. The van der Waals surface area contributed by atoms with E-state index >= 15 is 0 Å². The minimum Gasteiger partial charge on any atom is -0.352 e. The highest BCUT2D eigenvalue weighted by Crippen LogP contribution is 2.17. The van der Waals surface area contributed by atoms with Gasteiger partial charge in [-0.2, -0.15) is 4.31 Å². The fourth-order valence-corrected chi connectivity index (χ4v) is 4.73. The van der Waals surface area contributed by atoms with E-state index in [4.69, 9.17) is 0 Å². The van der Waals surface area contributed by atoms with Crippen molar-refractivity contribution < 1.29 is 18.0 Å². The Labute approximate surface area is 171 Å². The lowest BCUT2D eigenvalue weighted by atomic mass is 10.1. The maximum Gasteiger partial charge on any atom is 0.251 e. The van der Waals surface area contributed by atoms with Crippen molar-refractivity contribution in [2.75, 3.05) is 32.7 Å². The second kappa shape index (κ2) is 9.19. The van der Waals surface area contributed by atoms with Gasteiger partial charge in [0.25, 0.3) is 5.91 Å². The van der Waals surface area contributed by atoms with Crippen molar-refractivity contribution >= 4 is 21.8 Å². The molecule has 2 amide bonds. The maximum absolute atomic E-state index is 12.6. The summed E-state index contributed by atoms with van der Waals surface area (Å²) >= 11 is 0. The lowest BCUT2D eigenvalue weighted by molar-refractivity contribution is -0.132. The first-order valence-corrected chi connectivity index (χ1v) is 11.0. The van der Waals surface area contributed by atoms with Crippen molar-refractivity contribution in [3.63, 3.8) is 0 Å². The molecule has 154 valence electrons. The Bertz CT molecular complexity index is 968. The summed E-state index contributed by atoms with van der Waals surface area (Å²) < 4.78 is 26.7. The van der Waals surface area contributed by atoms with E-state index in [1.54, 1.807) is 47.4 Å². The van der Waals surface area contributed by atoms with Crippen molar-refractivity contribution in [3.05, 3.63) is 65.7 Å². The van der Waals surface area contributed by atoms with Crippen molar-refractivity contribution in [3.8, 4) is 0 Å². The van der Waals surface area contributed by atoms with Crippen LogP contribution in [0.4, 0.5) is 0 Å². The number of nitrogens with zero attached hydrogens (tertiary/aromatic N) is 2. The summed E-state index contributed by atoms with van der Waals surface area (Å²) in [5, 5.41) is 2.77. The topological polar surface area (TPSA) is 86.8 Å². The van der Waals surface area contributed by atoms with Crippen LogP contribution in [0.2, 0.25) is 0 Å². The quantitative estimate of drug-likeness (QED) is 0.777. The first kappa shape index (κ1) is 21.0. The SMILES string of the molecule is Cc1ccccc1C(=O)NCCC(=O)N1CCN(S(=O)(=O)c2ccccc2)CC1. The molecule has 2 aromatic rings. The third-order valence-corrected chi connectivity index (χ3v) is 6.90. The van der Waals surface area contributed by atoms with E-state index in [2.05, 4.69) is 5.32 Å². The predicted octanol–water partition coefficient (Wildman–Crippen LogP) is 1.65. The molecule has 1 aliphatic rings. The normalized spacial score (nSPS) is 15.1. The Morgan fingerprint density at radius 1 is 0.931 bits per heavy atom. The molecule has 1 saturated heterocycles. The van der Waals surface area contributed by atoms with E-state index < -0.39 is 10.0 Å². The number of aryl methyl sites for hydroxylation is 1. The number of carbonyl (C=O) groups excluding carboxylic acids is 2. The minimum absolute atomic E-state index is 0.0909. The predicted molar refractivity (Wildman–Crippen MR) is 110 cm³/mol. The van der Waals surface area contributed by atoms with E-state index in [-0.39, 0.29) is 42.8 Å². The Kier molecular flexibility index (Phi) is 6.66. The highest BCUT2D eigenvalue weighted by atomic mass is 32.2. The molecule has 0 unspecified atom stereocenters. The molecule has 29 heavy (non-hydrogen) atoms. The largest absolute Gasteiger partial charge is 0.352 e. The van der Waals surface area contributed by atoms with Gasteiger partial charge in [0.1, 0.15) is 0 Å². The van der Waals surface area contributed by atoms with E-state index in [9.17, 15) is 18.0 Å². The van der Waals surface area contributed by atoms with Gasteiger partial charge in [0.05, 0.1) is 4.90 Å². The molecule has 0 saturated carbocycles. The summed E-state index contributed by atoms with van der Waals surface area (Å²) in [6, 6.07) is 15.6. The molecule has 1 aliphatic heterocycles. The number of amides is 2. The first-order chi connectivity index (χ1) is 13.9. The second-order valence-corrected chi connectivity index (χ2v) is 8.86. The standard InChI is InChI=1S/C21H25N3O4S/c1-17-7-5-6-10-19(17)21(26)22-12-11-20(25)23-13-15-24(16-14-23)29(27,28)18-8-3-2-4-9-18/h2-10H,11-16H2,1H3,(H,22,26). The van der Waals surface area contributed by atoms with Crippen molar-refractivity contribution in [1.82, 2.24) is 14.5 Å². The second-order valence-electron chi connectivity index (χ2n) is 6.92. The average Bonchev–Trinajstić information content (AvgIpc) is 2.74. The van der Waals surface area contributed by atoms with Crippen LogP contribution in [0.25, 0.3) is 0 Å². The molecule has 1 N–H and O–H groups in total. The molecule has 1 heterocycles.